The average Bonchev–Trinajstić information content (AvgIpc) is 2.46. The standard InChI is InChI=1S/C16H32O6Si/c1-14(2,3)23(8,9)20-11-13-12(10-17)21-15(4,18-6)16(5,19-7)22-13/h10,12-13H,11H2,1-9H3/t12-,13-,15+,16+/m1/s1. The van der Waals surface area contributed by atoms with Crippen LogP contribution in [0.4, 0.5) is 0 Å². The molecule has 0 amide bonds. The normalized spacial score (nSPS) is 36.0. The van der Waals surface area contributed by atoms with E-state index in [9.17, 15) is 4.79 Å². The molecule has 1 fully saturated rings. The molecule has 6 nitrogen and oxygen atoms in total. The summed E-state index contributed by atoms with van der Waals surface area (Å²) in [6.45, 7) is 14.5. The summed E-state index contributed by atoms with van der Waals surface area (Å²) in [6, 6.07) is 0. The van der Waals surface area contributed by atoms with Gasteiger partial charge in [-0.2, -0.15) is 0 Å². The Balaban J connectivity index is 2.93. The lowest BCUT2D eigenvalue weighted by Crippen LogP contribution is -2.66. The van der Waals surface area contributed by atoms with Gasteiger partial charge in [-0.05, 0) is 32.0 Å². The van der Waals surface area contributed by atoms with Crippen molar-refractivity contribution in [3.8, 4) is 0 Å². The number of aldehydes is 1. The summed E-state index contributed by atoms with van der Waals surface area (Å²) in [6.07, 6.45) is -0.589. The molecule has 0 spiro atoms. The summed E-state index contributed by atoms with van der Waals surface area (Å²) in [5.41, 5.74) is 0. The van der Waals surface area contributed by atoms with Crippen molar-refractivity contribution < 1.29 is 28.2 Å². The molecular formula is C16H32O6Si. The molecule has 23 heavy (non-hydrogen) atoms. The molecule has 0 radical (unpaired) electrons. The first kappa shape index (κ1) is 20.7. The Hall–Kier alpha value is -0.313. The molecule has 0 N–H and O–H groups in total. The number of rotatable bonds is 6. The monoisotopic (exact) mass is 348 g/mol. The first-order chi connectivity index (χ1) is 10.4. The van der Waals surface area contributed by atoms with Crippen LogP contribution in [0.25, 0.3) is 0 Å². The third kappa shape index (κ3) is 4.03. The molecule has 0 aromatic rings. The summed E-state index contributed by atoms with van der Waals surface area (Å²) in [5, 5.41) is 0.0742. The van der Waals surface area contributed by atoms with Gasteiger partial charge < -0.3 is 28.2 Å². The van der Waals surface area contributed by atoms with E-state index in [-0.39, 0.29) is 11.6 Å². The van der Waals surface area contributed by atoms with Crippen LogP contribution >= 0.6 is 0 Å². The maximum atomic E-state index is 11.4. The number of methoxy groups -OCH3 is 2. The van der Waals surface area contributed by atoms with Crippen LogP contribution in [0.1, 0.15) is 34.6 Å². The van der Waals surface area contributed by atoms with Gasteiger partial charge in [0.25, 0.3) is 0 Å². The number of ether oxygens (including phenoxy) is 4. The van der Waals surface area contributed by atoms with Gasteiger partial charge in [0.1, 0.15) is 12.2 Å². The highest BCUT2D eigenvalue weighted by molar-refractivity contribution is 6.74. The van der Waals surface area contributed by atoms with Crippen LogP contribution in [0.3, 0.4) is 0 Å². The van der Waals surface area contributed by atoms with Gasteiger partial charge in [-0.15, -0.1) is 0 Å². The van der Waals surface area contributed by atoms with Crippen LogP contribution in [0.15, 0.2) is 0 Å². The van der Waals surface area contributed by atoms with E-state index in [1.165, 1.54) is 14.2 Å². The van der Waals surface area contributed by atoms with Crippen molar-refractivity contribution in [3.63, 3.8) is 0 Å². The van der Waals surface area contributed by atoms with Crippen LogP contribution in [0, 0.1) is 0 Å². The van der Waals surface area contributed by atoms with Crippen molar-refractivity contribution in [2.75, 3.05) is 20.8 Å². The van der Waals surface area contributed by atoms with Crippen molar-refractivity contribution in [1.82, 2.24) is 0 Å². The van der Waals surface area contributed by atoms with Crippen molar-refractivity contribution in [1.29, 1.82) is 0 Å². The van der Waals surface area contributed by atoms with Gasteiger partial charge in [0.05, 0.1) is 6.61 Å². The van der Waals surface area contributed by atoms with Crippen LogP contribution in [-0.2, 0) is 28.2 Å². The molecule has 0 aromatic carbocycles. The van der Waals surface area contributed by atoms with Crippen LogP contribution in [0.5, 0.6) is 0 Å². The van der Waals surface area contributed by atoms with Gasteiger partial charge in [-0.1, -0.05) is 20.8 Å². The first-order valence-corrected chi connectivity index (χ1v) is 10.8. The van der Waals surface area contributed by atoms with E-state index < -0.39 is 32.1 Å². The second kappa shape index (κ2) is 6.90. The van der Waals surface area contributed by atoms with Gasteiger partial charge in [0, 0.05) is 14.2 Å². The maximum absolute atomic E-state index is 11.4. The van der Waals surface area contributed by atoms with Crippen molar-refractivity contribution >= 4 is 14.6 Å². The highest BCUT2D eigenvalue weighted by Gasteiger charge is 2.57. The molecular weight excluding hydrogens is 316 g/mol. The molecule has 136 valence electrons. The lowest BCUT2D eigenvalue weighted by atomic mass is 10.0. The van der Waals surface area contributed by atoms with Crippen LogP contribution in [0.2, 0.25) is 18.1 Å². The SMILES string of the molecule is CO[C@@]1(C)O[C@H](C=O)[C@@H](CO[Si](C)(C)C(C)(C)C)O[C@]1(C)OC. The zero-order chi connectivity index (χ0) is 18.1. The van der Waals surface area contributed by atoms with E-state index in [4.69, 9.17) is 23.4 Å². The molecule has 0 bridgehead atoms. The quantitative estimate of drug-likeness (QED) is 0.543. The minimum atomic E-state index is -1.96. The number of carbonyl (C=O) groups excluding carboxylic acids is 1. The van der Waals surface area contributed by atoms with Gasteiger partial charge in [-0.25, -0.2) is 0 Å². The molecule has 1 aliphatic heterocycles. The van der Waals surface area contributed by atoms with E-state index in [0.717, 1.165) is 6.29 Å². The maximum Gasteiger partial charge on any atom is 0.220 e. The van der Waals surface area contributed by atoms with Crippen molar-refractivity contribution in [2.45, 2.75) is 76.5 Å². The Bertz CT molecular complexity index is 421. The van der Waals surface area contributed by atoms with Crippen molar-refractivity contribution in [3.05, 3.63) is 0 Å². The van der Waals surface area contributed by atoms with Gasteiger partial charge in [0.15, 0.2) is 14.6 Å². The van der Waals surface area contributed by atoms with E-state index in [0.29, 0.717) is 0 Å². The Morgan fingerprint density at radius 2 is 1.57 bits per heavy atom. The summed E-state index contributed by atoms with van der Waals surface area (Å²) in [7, 11) is 1.06. The second-order valence-electron chi connectivity index (χ2n) is 7.75. The molecule has 0 aromatic heterocycles. The molecule has 1 heterocycles. The molecule has 1 saturated heterocycles. The topological polar surface area (TPSA) is 63.2 Å². The minimum absolute atomic E-state index is 0.0742. The first-order valence-electron chi connectivity index (χ1n) is 7.91. The summed E-state index contributed by atoms with van der Waals surface area (Å²) in [5.74, 6) is -2.32. The molecule has 0 saturated carbocycles. The smallest absolute Gasteiger partial charge is 0.220 e. The average molecular weight is 349 g/mol. The lowest BCUT2D eigenvalue weighted by molar-refractivity contribution is -0.442. The van der Waals surface area contributed by atoms with Gasteiger partial charge in [-0.3, -0.25) is 0 Å². The predicted molar refractivity (Wildman–Crippen MR) is 89.8 cm³/mol. The summed E-state index contributed by atoms with van der Waals surface area (Å²) in [4.78, 5) is 11.4. The fourth-order valence-electron chi connectivity index (χ4n) is 2.12. The van der Waals surface area contributed by atoms with Crippen LogP contribution in [-0.4, -0.2) is 59.2 Å². The van der Waals surface area contributed by atoms with Gasteiger partial charge >= 0.3 is 0 Å². The molecule has 0 unspecified atom stereocenters. The van der Waals surface area contributed by atoms with Crippen molar-refractivity contribution in [2.24, 2.45) is 0 Å². The zero-order valence-corrected chi connectivity index (χ0v) is 16.9. The molecule has 1 aliphatic rings. The van der Waals surface area contributed by atoms with Gasteiger partial charge in [0.2, 0.25) is 11.6 Å². The Labute approximate surface area is 140 Å². The van der Waals surface area contributed by atoms with E-state index in [1.807, 2.05) is 0 Å². The van der Waals surface area contributed by atoms with E-state index in [1.54, 1.807) is 13.8 Å². The fourth-order valence-corrected chi connectivity index (χ4v) is 3.14. The molecule has 7 heteroatoms. The van der Waals surface area contributed by atoms with E-state index in [2.05, 4.69) is 33.9 Å². The minimum Gasteiger partial charge on any atom is -0.414 e. The zero-order valence-electron chi connectivity index (χ0n) is 15.9. The second-order valence-corrected chi connectivity index (χ2v) is 12.6. The third-order valence-corrected chi connectivity index (χ3v) is 9.76. The summed E-state index contributed by atoms with van der Waals surface area (Å²) < 4.78 is 28.9. The highest BCUT2D eigenvalue weighted by Crippen LogP contribution is 2.40. The van der Waals surface area contributed by atoms with Crippen LogP contribution < -0.4 is 0 Å². The molecule has 4 atom stereocenters. The lowest BCUT2D eigenvalue weighted by Gasteiger charge is -2.51. The predicted octanol–water partition coefficient (Wildman–Crippen LogP) is 2.72. The fraction of sp³-hybridized carbons (Fsp3) is 0.938. The molecule has 1 rings (SSSR count). The number of hydrogen-bond donors (Lipinski definition) is 0. The number of hydrogen-bond acceptors (Lipinski definition) is 6. The Kier molecular flexibility index (Phi) is 6.22. The highest BCUT2D eigenvalue weighted by atomic mass is 28.4. The molecule has 0 aliphatic carbocycles. The summed E-state index contributed by atoms with van der Waals surface area (Å²) >= 11 is 0. The largest absolute Gasteiger partial charge is 0.414 e. The Morgan fingerprint density at radius 1 is 1.09 bits per heavy atom. The Morgan fingerprint density at radius 3 is 1.96 bits per heavy atom. The third-order valence-electron chi connectivity index (χ3n) is 5.26. The number of carbonyl (C=O) groups is 1. The van der Waals surface area contributed by atoms with E-state index >= 15 is 0 Å².